The van der Waals surface area contributed by atoms with E-state index in [2.05, 4.69) is 20.9 Å². The monoisotopic (exact) mass is 639 g/mol. The van der Waals surface area contributed by atoms with Gasteiger partial charge in [-0.15, -0.1) is 0 Å². The minimum Gasteiger partial charge on any atom is -0.494 e. The number of carboxylic acids is 1. The molecular formula is C33H45N5O8. The summed E-state index contributed by atoms with van der Waals surface area (Å²) in [6.07, 6.45) is 1.87. The molecular weight excluding hydrogens is 594 g/mol. The number of benzene rings is 2. The van der Waals surface area contributed by atoms with E-state index < -0.39 is 47.1 Å². The van der Waals surface area contributed by atoms with E-state index in [-0.39, 0.29) is 26.5 Å². The Morgan fingerprint density at radius 2 is 1.63 bits per heavy atom. The molecule has 2 aromatic carbocycles. The number of nitrogens with zero attached hydrogens (tertiary/aromatic N) is 2. The van der Waals surface area contributed by atoms with Crippen molar-refractivity contribution in [1.82, 2.24) is 20.2 Å². The van der Waals surface area contributed by atoms with Crippen LogP contribution in [-0.2, 0) is 30.5 Å². The van der Waals surface area contributed by atoms with Crippen LogP contribution in [0.1, 0.15) is 66.1 Å². The van der Waals surface area contributed by atoms with Crippen molar-refractivity contribution in [3.8, 4) is 5.75 Å². The standard InChI is InChI=1S/C32H41N5O8.CH4/c1-7-44-23-15-13-22(14-16-23)26(28(39)40)37-17-25(33-20-37)35-27(38)24(19-43-18-21-11-9-8-10-12-21)34-29(41)32(5,6)36-30(42)45-31(2,3)4;/h8-17,20,24,26H,7,18-19H2,1-6H3,(H,34,41)(H,35,38)(H,36,42)(H,39,40);1H4/t24-,26?;/m1./s1. The van der Waals surface area contributed by atoms with Gasteiger partial charge in [0, 0.05) is 6.20 Å². The highest BCUT2D eigenvalue weighted by Crippen LogP contribution is 2.23. The molecule has 46 heavy (non-hydrogen) atoms. The van der Waals surface area contributed by atoms with Crippen LogP contribution in [0, 0.1) is 0 Å². The quantitative estimate of drug-likeness (QED) is 0.198. The van der Waals surface area contributed by atoms with E-state index in [4.69, 9.17) is 14.2 Å². The number of carbonyl (C=O) groups is 4. The molecule has 3 amide bonds. The first-order chi connectivity index (χ1) is 21.2. The second-order valence-electron chi connectivity index (χ2n) is 11.7. The Hall–Kier alpha value is -4.91. The fraction of sp³-hybridized carbons (Fsp3) is 0.424. The van der Waals surface area contributed by atoms with Gasteiger partial charge in [-0.05, 0) is 64.8 Å². The van der Waals surface area contributed by atoms with Crippen molar-refractivity contribution >= 4 is 29.7 Å². The number of amides is 3. The van der Waals surface area contributed by atoms with Gasteiger partial charge in [0.1, 0.15) is 22.9 Å². The van der Waals surface area contributed by atoms with Crippen molar-refractivity contribution in [2.45, 2.75) is 78.8 Å². The maximum absolute atomic E-state index is 13.4. The number of anilines is 1. The zero-order valence-corrected chi connectivity index (χ0v) is 26.3. The Balaban J connectivity index is 0.00000736. The molecule has 3 aromatic rings. The molecule has 250 valence electrons. The van der Waals surface area contributed by atoms with Crippen LogP contribution >= 0.6 is 0 Å². The summed E-state index contributed by atoms with van der Waals surface area (Å²) >= 11 is 0. The molecule has 1 aromatic heterocycles. The number of aromatic nitrogens is 2. The maximum Gasteiger partial charge on any atom is 0.408 e. The third-order valence-electron chi connectivity index (χ3n) is 6.29. The molecule has 0 spiro atoms. The predicted molar refractivity (Wildman–Crippen MR) is 172 cm³/mol. The molecule has 1 heterocycles. The minimum absolute atomic E-state index is 0. The molecule has 0 bridgehead atoms. The maximum atomic E-state index is 13.4. The molecule has 1 unspecified atom stereocenters. The summed E-state index contributed by atoms with van der Waals surface area (Å²) < 4.78 is 17.8. The van der Waals surface area contributed by atoms with Crippen LogP contribution in [0.15, 0.2) is 67.1 Å². The molecule has 0 saturated carbocycles. The van der Waals surface area contributed by atoms with Crippen LogP contribution in [-0.4, -0.2) is 68.9 Å². The lowest BCUT2D eigenvalue weighted by molar-refractivity contribution is -0.139. The van der Waals surface area contributed by atoms with Crippen LogP contribution in [0.25, 0.3) is 0 Å². The van der Waals surface area contributed by atoms with Gasteiger partial charge in [-0.1, -0.05) is 49.9 Å². The van der Waals surface area contributed by atoms with Crippen molar-refractivity contribution in [3.63, 3.8) is 0 Å². The molecule has 0 saturated heterocycles. The van der Waals surface area contributed by atoms with E-state index in [9.17, 15) is 24.3 Å². The van der Waals surface area contributed by atoms with Gasteiger partial charge in [-0.3, -0.25) is 9.59 Å². The molecule has 0 fully saturated rings. The number of aliphatic carboxylic acids is 1. The normalized spacial score (nSPS) is 12.6. The minimum atomic E-state index is -1.45. The first-order valence-corrected chi connectivity index (χ1v) is 14.4. The third-order valence-corrected chi connectivity index (χ3v) is 6.29. The molecule has 3 rings (SSSR count). The zero-order valence-electron chi connectivity index (χ0n) is 26.3. The summed E-state index contributed by atoms with van der Waals surface area (Å²) in [4.78, 5) is 55.3. The van der Waals surface area contributed by atoms with E-state index in [1.165, 1.54) is 30.9 Å². The van der Waals surface area contributed by atoms with Crippen molar-refractivity contribution in [2.24, 2.45) is 0 Å². The average Bonchev–Trinajstić information content (AvgIpc) is 3.40. The number of rotatable bonds is 14. The Kier molecular flexibility index (Phi) is 13.3. The number of hydrogen-bond acceptors (Lipinski definition) is 8. The molecule has 0 aliphatic carbocycles. The average molecular weight is 640 g/mol. The largest absolute Gasteiger partial charge is 0.494 e. The fourth-order valence-corrected chi connectivity index (χ4v) is 4.12. The summed E-state index contributed by atoms with van der Waals surface area (Å²) in [6, 6.07) is 13.6. The van der Waals surface area contributed by atoms with E-state index >= 15 is 0 Å². The van der Waals surface area contributed by atoms with Crippen LogP contribution in [0.2, 0.25) is 0 Å². The summed E-state index contributed by atoms with van der Waals surface area (Å²) in [5.41, 5.74) is -0.891. The van der Waals surface area contributed by atoms with Crippen molar-refractivity contribution in [1.29, 1.82) is 0 Å². The fourth-order valence-electron chi connectivity index (χ4n) is 4.12. The van der Waals surface area contributed by atoms with E-state index in [0.717, 1.165) is 5.56 Å². The SMILES string of the molecule is C.CCOc1ccc(C(C(=O)O)n2cnc(NC(=O)[C@@H](COCc3ccccc3)NC(=O)C(C)(C)NC(=O)OC(C)(C)C)c2)cc1. The first-order valence-electron chi connectivity index (χ1n) is 14.4. The van der Waals surface area contributed by atoms with Crippen LogP contribution in [0.5, 0.6) is 5.75 Å². The second kappa shape index (κ2) is 16.4. The van der Waals surface area contributed by atoms with Gasteiger partial charge in [-0.25, -0.2) is 14.6 Å². The molecule has 0 aliphatic heterocycles. The number of imidazole rings is 1. The summed E-state index contributed by atoms with van der Waals surface area (Å²) in [7, 11) is 0. The van der Waals surface area contributed by atoms with E-state index in [1.807, 2.05) is 37.3 Å². The lowest BCUT2D eigenvalue weighted by Gasteiger charge is -2.29. The van der Waals surface area contributed by atoms with Gasteiger partial charge in [0.25, 0.3) is 5.91 Å². The zero-order chi connectivity index (χ0) is 33.2. The van der Waals surface area contributed by atoms with Crippen molar-refractivity contribution in [3.05, 3.63) is 78.2 Å². The highest BCUT2D eigenvalue weighted by Gasteiger charge is 2.35. The van der Waals surface area contributed by atoms with Crippen LogP contribution in [0.4, 0.5) is 10.6 Å². The number of ether oxygens (including phenoxy) is 3. The highest BCUT2D eigenvalue weighted by atomic mass is 16.6. The van der Waals surface area contributed by atoms with Crippen LogP contribution in [0.3, 0.4) is 0 Å². The number of hydrogen-bond donors (Lipinski definition) is 4. The van der Waals surface area contributed by atoms with Crippen molar-refractivity contribution in [2.75, 3.05) is 18.5 Å². The Morgan fingerprint density at radius 1 is 0.978 bits per heavy atom. The predicted octanol–water partition coefficient (Wildman–Crippen LogP) is 4.54. The lowest BCUT2D eigenvalue weighted by atomic mass is 10.0. The lowest BCUT2D eigenvalue weighted by Crippen LogP contribution is -2.59. The molecule has 0 radical (unpaired) electrons. The van der Waals surface area contributed by atoms with Gasteiger partial charge >= 0.3 is 12.1 Å². The Labute approximate surface area is 269 Å². The molecule has 4 N–H and O–H groups in total. The third kappa shape index (κ3) is 11.2. The van der Waals surface area contributed by atoms with Crippen molar-refractivity contribution < 1.29 is 38.5 Å². The van der Waals surface area contributed by atoms with Gasteiger partial charge < -0.3 is 39.8 Å². The summed E-state index contributed by atoms with van der Waals surface area (Å²) in [5.74, 6) is -1.79. The van der Waals surface area contributed by atoms with Gasteiger partial charge in [0.2, 0.25) is 5.91 Å². The number of nitrogens with one attached hydrogen (secondary N) is 3. The molecule has 0 aliphatic rings. The number of alkyl carbamates (subject to hydrolysis) is 1. The second-order valence-corrected chi connectivity index (χ2v) is 11.7. The molecule has 13 nitrogen and oxygen atoms in total. The smallest absolute Gasteiger partial charge is 0.408 e. The van der Waals surface area contributed by atoms with E-state index in [0.29, 0.717) is 17.9 Å². The van der Waals surface area contributed by atoms with Gasteiger partial charge in [-0.2, -0.15) is 0 Å². The topological polar surface area (TPSA) is 170 Å². The summed E-state index contributed by atoms with van der Waals surface area (Å²) in [6.45, 7) is 10.3. The van der Waals surface area contributed by atoms with Gasteiger partial charge in [0.15, 0.2) is 11.9 Å². The first kappa shape index (κ1) is 37.3. The highest BCUT2D eigenvalue weighted by molar-refractivity contribution is 5.98. The Morgan fingerprint density at radius 3 is 2.22 bits per heavy atom. The van der Waals surface area contributed by atoms with Gasteiger partial charge in [0.05, 0.1) is 26.1 Å². The molecule has 13 heteroatoms. The van der Waals surface area contributed by atoms with Crippen LogP contribution < -0.4 is 20.7 Å². The number of carbonyl (C=O) groups excluding carboxylic acids is 3. The Bertz CT molecular complexity index is 1450. The summed E-state index contributed by atoms with van der Waals surface area (Å²) in [5, 5.41) is 17.7. The number of carboxylic acid groups (broad SMARTS) is 1. The molecule has 2 atom stereocenters. The van der Waals surface area contributed by atoms with E-state index in [1.54, 1.807) is 45.0 Å².